The van der Waals surface area contributed by atoms with Gasteiger partial charge in [0.05, 0.1) is 11.1 Å². The molecule has 0 atom stereocenters. The summed E-state index contributed by atoms with van der Waals surface area (Å²) in [5, 5.41) is 3.22. The zero-order valence-electron chi connectivity index (χ0n) is 14.5. The molecule has 0 amide bonds. The Hall–Kier alpha value is -2.66. The van der Waals surface area contributed by atoms with E-state index in [0.29, 0.717) is 21.7 Å². The number of hydrogen-bond acceptors (Lipinski definition) is 4. The first kappa shape index (κ1) is 18.1. The molecule has 0 bridgehead atoms. The normalized spacial score (nSPS) is 15.8. The topological polar surface area (TPSA) is 55.4 Å². The van der Waals surface area contributed by atoms with Gasteiger partial charge in [-0.3, -0.25) is 9.59 Å². The van der Waals surface area contributed by atoms with Gasteiger partial charge in [-0.15, -0.1) is 0 Å². The first-order chi connectivity index (χ1) is 12.2. The summed E-state index contributed by atoms with van der Waals surface area (Å²) in [5.41, 5.74) is 0.560. The minimum absolute atomic E-state index is 0.0556. The Kier molecular flexibility index (Phi) is 4.59. The number of ketones is 1. The second-order valence-electron chi connectivity index (χ2n) is 6.55. The minimum Gasteiger partial charge on any atom is -0.409 e. The van der Waals surface area contributed by atoms with E-state index in [9.17, 15) is 14.0 Å². The fourth-order valence-corrected chi connectivity index (χ4v) is 3.08. The number of rotatable bonds is 3. The van der Waals surface area contributed by atoms with E-state index in [4.69, 9.17) is 16.3 Å². The monoisotopic (exact) mass is 373 g/mol. The van der Waals surface area contributed by atoms with Crippen molar-refractivity contribution in [3.8, 4) is 11.1 Å². The van der Waals surface area contributed by atoms with Crippen molar-refractivity contribution < 1.29 is 18.7 Å². The summed E-state index contributed by atoms with van der Waals surface area (Å²) >= 11 is 6.32. The molecule has 0 aliphatic carbocycles. The Morgan fingerprint density at radius 1 is 1.15 bits per heavy atom. The Morgan fingerprint density at radius 2 is 1.85 bits per heavy atom. The van der Waals surface area contributed by atoms with E-state index in [1.807, 2.05) is 0 Å². The van der Waals surface area contributed by atoms with E-state index in [1.54, 1.807) is 50.2 Å². The molecule has 0 unspecified atom stereocenters. The van der Waals surface area contributed by atoms with Crippen LogP contribution in [0.15, 0.2) is 48.3 Å². The maximum Gasteiger partial charge on any atom is 0.309 e. The van der Waals surface area contributed by atoms with Crippen LogP contribution in [0.5, 0.6) is 0 Å². The Labute approximate surface area is 155 Å². The van der Waals surface area contributed by atoms with Gasteiger partial charge >= 0.3 is 5.97 Å². The largest absolute Gasteiger partial charge is 0.409 e. The van der Waals surface area contributed by atoms with E-state index in [1.165, 1.54) is 13.0 Å². The molecule has 0 spiro atoms. The Morgan fingerprint density at radius 3 is 2.50 bits per heavy atom. The van der Waals surface area contributed by atoms with E-state index in [2.05, 4.69) is 5.32 Å². The molecule has 1 heterocycles. The molecule has 3 rings (SSSR count). The van der Waals surface area contributed by atoms with Crippen LogP contribution in [0.4, 0.5) is 4.39 Å². The molecule has 1 aliphatic heterocycles. The lowest BCUT2D eigenvalue weighted by atomic mass is 9.91. The maximum atomic E-state index is 14.1. The molecule has 0 fully saturated rings. The average Bonchev–Trinajstić information content (AvgIpc) is 2.77. The number of carbonyl (C=O) groups excluding carboxylic acids is 2. The van der Waals surface area contributed by atoms with Gasteiger partial charge < -0.3 is 10.1 Å². The molecule has 2 aromatic carbocycles. The fraction of sp³-hybridized carbons (Fsp3) is 0.200. The molecule has 1 N–H and O–H groups in total. The van der Waals surface area contributed by atoms with Gasteiger partial charge in [0.2, 0.25) is 5.88 Å². The van der Waals surface area contributed by atoms with Crippen molar-refractivity contribution in [3.63, 3.8) is 0 Å². The predicted octanol–water partition coefficient (Wildman–Crippen LogP) is 4.33. The third-order valence-electron chi connectivity index (χ3n) is 4.11. The highest BCUT2D eigenvalue weighted by Crippen LogP contribution is 2.37. The van der Waals surface area contributed by atoms with Crippen molar-refractivity contribution in [1.82, 2.24) is 5.32 Å². The predicted molar refractivity (Wildman–Crippen MR) is 97.8 cm³/mol. The van der Waals surface area contributed by atoms with Crippen LogP contribution in [0.2, 0.25) is 5.02 Å². The molecule has 0 radical (unpaired) electrons. The summed E-state index contributed by atoms with van der Waals surface area (Å²) in [6, 6.07) is 11.2. The van der Waals surface area contributed by atoms with Crippen LogP contribution in [-0.4, -0.2) is 17.3 Å². The van der Waals surface area contributed by atoms with Gasteiger partial charge in [-0.1, -0.05) is 35.9 Å². The Balaban J connectivity index is 2.18. The summed E-state index contributed by atoms with van der Waals surface area (Å²) < 4.78 is 19.3. The zero-order chi connectivity index (χ0) is 19.1. The number of hydrogen-bond donors (Lipinski definition) is 1. The number of ether oxygens (including phenoxy) is 1. The highest BCUT2D eigenvalue weighted by Gasteiger charge is 2.42. The summed E-state index contributed by atoms with van der Waals surface area (Å²) in [7, 11) is 0. The van der Waals surface area contributed by atoms with Crippen LogP contribution in [0, 0.1) is 5.82 Å². The van der Waals surface area contributed by atoms with E-state index < -0.39 is 11.5 Å². The first-order valence-electron chi connectivity index (χ1n) is 8.01. The molecule has 0 aromatic heterocycles. The third kappa shape index (κ3) is 3.22. The highest BCUT2D eigenvalue weighted by molar-refractivity contribution is 6.37. The van der Waals surface area contributed by atoms with Crippen LogP contribution >= 0.6 is 11.6 Å². The van der Waals surface area contributed by atoms with E-state index >= 15 is 0 Å². The zero-order valence-corrected chi connectivity index (χ0v) is 15.3. The molecule has 1 aliphatic rings. The van der Waals surface area contributed by atoms with Crippen molar-refractivity contribution >= 4 is 28.9 Å². The number of halogens is 2. The van der Waals surface area contributed by atoms with Gasteiger partial charge in [-0.2, -0.15) is 0 Å². The molecular weight excluding hydrogens is 357 g/mol. The Bertz CT molecular complexity index is 950. The lowest BCUT2D eigenvalue weighted by Gasteiger charge is -2.17. The number of benzene rings is 2. The van der Waals surface area contributed by atoms with Crippen molar-refractivity contribution in [2.45, 2.75) is 26.3 Å². The highest BCUT2D eigenvalue weighted by atomic mass is 35.5. The SMILES string of the molecule is CC(=O)OC1=C(c2cc(-c3ccccc3F)ccc2Cl)C(=O)C(C)(C)N1. The van der Waals surface area contributed by atoms with Gasteiger partial charge in [-0.05, 0) is 37.6 Å². The van der Waals surface area contributed by atoms with Crippen LogP contribution in [0.1, 0.15) is 26.3 Å². The van der Waals surface area contributed by atoms with Crippen molar-refractivity contribution in [3.05, 3.63) is 64.8 Å². The molecular formula is C20H17ClFNO3. The quantitative estimate of drug-likeness (QED) is 0.814. The van der Waals surface area contributed by atoms with Gasteiger partial charge in [-0.25, -0.2) is 4.39 Å². The van der Waals surface area contributed by atoms with Gasteiger partial charge in [0, 0.05) is 23.1 Å². The van der Waals surface area contributed by atoms with Crippen LogP contribution < -0.4 is 5.32 Å². The number of carbonyl (C=O) groups is 2. The standard InChI is InChI=1S/C20H17ClFNO3/c1-11(24)26-19-17(18(25)20(2,3)23-19)14-10-12(8-9-15(14)21)13-6-4-5-7-16(13)22/h4-10,23H,1-3H3. The van der Waals surface area contributed by atoms with Crippen LogP contribution in [0.3, 0.4) is 0 Å². The number of Topliss-reactive ketones (excluding diaryl/α,β-unsaturated/α-hetero) is 1. The van der Waals surface area contributed by atoms with Gasteiger partial charge in [0.15, 0.2) is 5.78 Å². The molecule has 2 aromatic rings. The second-order valence-corrected chi connectivity index (χ2v) is 6.96. The first-order valence-corrected chi connectivity index (χ1v) is 8.39. The number of nitrogens with one attached hydrogen (secondary N) is 1. The van der Waals surface area contributed by atoms with Crippen LogP contribution in [0.25, 0.3) is 16.7 Å². The summed E-state index contributed by atoms with van der Waals surface area (Å²) in [4.78, 5) is 24.3. The third-order valence-corrected chi connectivity index (χ3v) is 4.44. The van der Waals surface area contributed by atoms with Crippen molar-refractivity contribution in [1.29, 1.82) is 0 Å². The van der Waals surface area contributed by atoms with Crippen molar-refractivity contribution in [2.75, 3.05) is 0 Å². The van der Waals surface area contributed by atoms with Crippen molar-refractivity contribution in [2.24, 2.45) is 0 Å². The lowest BCUT2D eigenvalue weighted by molar-refractivity contribution is -0.137. The minimum atomic E-state index is -0.947. The molecule has 0 saturated carbocycles. The van der Waals surface area contributed by atoms with Gasteiger partial charge in [0.25, 0.3) is 0 Å². The maximum absolute atomic E-state index is 14.1. The number of esters is 1. The van der Waals surface area contributed by atoms with Gasteiger partial charge in [0.1, 0.15) is 5.82 Å². The molecule has 4 nitrogen and oxygen atoms in total. The smallest absolute Gasteiger partial charge is 0.309 e. The van der Waals surface area contributed by atoms with E-state index in [0.717, 1.165) is 0 Å². The molecule has 26 heavy (non-hydrogen) atoms. The van der Waals surface area contributed by atoms with Crippen LogP contribution in [-0.2, 0) is 14.3 Å². The summed E-state index contributed by atoms with van der Waals surface area (Å²) in [6.45, 7) is 4.61. The van der Waals surface area contributed by atoms with E-state index in [-0.39, 0.29) is 23.1 Å². The fourth-order valence-electron chi connectivity index (χ4n) is 2.86. The lowest BCUT2D eigenvalue weighted by Crippen LogP contribution is -2.40. The summed E-state index contributed by atoms with van der Waals surface area (Å²) in [6.07, 6.45) is 0. The average molecular weight is 374 g/mol. The molecule has 0 saturated heterocycles. The molecule has 6 heteroatoms. The second kappa shape index (κ2) is 6.57. The summed E-state index contributed by atoms with van der Waals surface area (Å²) in [5.74, 6) is -1.15. The molecule has 134 valence electrons.